The highest BCUT2D eigenvalue weighted by Gasteiger charge is 2.28. The van der Waals surface area contributed by atoms with Crippen LogP contribution in [-0.4, -0.2) is 23.5 Å². The molecule has 0 fully saturated rings. The SMILES string of the molecule is CCC(CC)(CC)NC(=O)c1sc(NC)nc1N. The smallest absolute Gasteiger partial charge is 0.265 e. The van der Waals surface area contributed by atoms with Gasteiger partial charge in [-0.15, -0.1) is 0 Å². The van der Waals surface area contributed by atoms with Crippen LogP contribution < -0.4 is 16.4 Å². The largest absolute Gasteiger partial charge is 0.382 e. The van der Waals surface area contributed by atoms with Crippen LogP contribution in [0.3, 0.4) is 0 Å². The minimum atomic E-state index is -0.146. The van der Waals surface area contributed by atoms with E-state index in [4.69, 9.17) is 5.73 Å². The maximum absolute atomic E-state index is 12.2. The summed E-state index contributed by atoms with van der Waals surface area (Å²) in [5.74, 6) is 0.163. The fourth-order valence-corrected chi connectivity index (χ4v) is 2.65. The normalized spacial score (nSPS) is 11.3. The lowest BCUT2D eigenvalue weighted by Gasteiger charge is -2.31. The maximum atomic E-state index is 12.2. The van der Waals surface area contributed by atoms with Gasteiger partial charge in [0.1, 0.15) is 10.7 Å². The Morgan fingerprint density at radius 1 is 1.33 bits per heavy atom. The lowest BCUT2D eigenvalue weighted by Crippen LogP contribution is -2.47. The number of aromatic nitrogens is 1. The predicted octanol–water partition coefficient (Wildman–Crippen LogP) is 2.47. The minimum absolute atomic E-state index is 0.128. The summed E-state index contributed by atoms with van der Waals surface area (Å²) >= 11 is 1.28. The Kier molecular flexibility index (Phi) is 4.95. The molecule has 1 rings (SSSR count). The number of hydrogen-bond acceptors (Lipinski definition) is 5. The van der Waals surface area contributed by atoms with Crippen molar-refractivity contribution in [2.45, 2.75) is 45.6 Å². The number of hydrogen-bond donors (Lipinski definition) is 3. The van der Waals surface area contributed by atoms with Crippen LogP contribution in [0.2, 0.25) is 0 Å². The summed E-state index contributed by atoms with van der Waals surface area (Å²) < 4.78 is 0. The molecule has 0 bridgehead atoms. The molecule has 5 nitrogen and oxygen atoms in total. The van der Waals surface area contributed by atoms with E-state index in [1.807, 2.05) is 0 Å². The van der Waals surface area contributed by atoms with Crippen molar-refractivity contribution in [3.8, 4) is 0 Å². The predicted molar refractivity (Wildman–Crippen MR) is 77.1 cm³/mol. The Morgan fingerprint density at radius 2 is 1.89 bits per heavy atom. The zero-order valence-corrected chi connectivity index (χ0v) is 12.3. The van der Waals surface area contributed by atoms with Gasteiger partial charge in [0.05, 0.1) is 0 Å². The summed E-state index contributed by atoms with van der Waals surface area (Å²) in [4.78, 5) is 16.8. The molecule has 1 heterocycles. The van der Waals surface area contributed by atoms with E-state index in [2.05, 4.69) is 36.4 Å². The molecule has 0 atom stereocenters. The van der Waals surface area contributed by atoms with E-state index in [0.29, 0.717) is 15.8 Å². The van der Waals surface area contributed by atoms with E-state index < -0.39 is 0 Å². The molecule has 4 N–H and O–H groups in total. The summed E-state index contributed by atoms with van der Waals surface area (Å²) in [5, 5.41) is 6.65. The van der Waals surface area contributed by atoms with Gasteiger partial charge in [0.25, 0.3) is 5.91 Å². The molecule has 0 radical (unpaired) electrons. The lowest BCUT2D eigenvalue weighted by molar-refractivity contribution is 0.0893. The molecular weight excluding hydrogens is 248 g/mol. The number of carbonyl (C=O) groups excluding carboxylic acids is 1. The highest BCUT2D eigenvalue weighted by atomic mass is 32.1. The minimum Gasteiger partial charge on any atom is -0.382 e. The van der Waals surface area contributed by atoms with Crippen LogP contribution in [0.5, 0.6) is 0 Å². The first kappa shape index (κ1) is 14.8. The first-order valence-corrected chi connectivity index (χ1v) is 7.10. The first-order valence-electron chi connectivity index (χ1n) is 6.28. The Hall–Kier alpha value is -1.30. The van der Waals surface area contributed by atoms with Gasteiger partial charge in [-0.25, -0.2) is 4.98 Å². The number of nitrogens with two attached hydrogens (primary N) is 1. The van der Waals surface area contributed by atoms with Gasteiger partial charge in [0.2, 0.25) is 0 Å². The van der Waals surface area contributed by atoms with Gasteiger partial charge in [-0.3, -0.25) is 4.79 Å². The molecule has 1 aromatic rings. The number of rotatable bonds is 6. The Balaban J connectivity index is 2.90. The molecule has 0 spiro atoms. The van der Waals surface area contributed by atoms with Crippen LogP contribution >= 0.6 is 11.3 Å². The second kappa shape index (κ2) is 6.04. The monoisotopic (exact) mass is 270 g/mol. The molecule has 1 aromatic heterocycles. The van der Waals surface area contributed by atoms with Crippen molar-refractivity contribution in [2.75, 3.05) is 18.1 Å². The van der Waals surface area contributed by atoms with Crippen LogP contribution in [0.25, 0.3) is 0 Å². The summed E-state index contributed by atoms with van der Waals surface area (Å²) in [6, 6.07) is 0. The van der Waals surface area contributed by atoms with Crippen LogP contribution in [0, 0.1) is 0 Å². The van der Waals surface area contributed by atoms with Crippen molar-refractivity contribution in [2.24, 2.45) is 0 Å². The molecule has 18 heavy (non-hydrogen) atoms. The Morgan fingerprint density at radius 3 is 2.28 bits per heavy atom. The van der Waals surface area contributed by atoms with Crippen LogP contribution in [0.4, 0.5) is 10.9 Å². The van der Waals surface area contributed by atoms with E-state index in [1.54, 1.807) is 7.05 Å². The third kappa shape index (κ3) is 2.93. The Bertz CT molecular complexity index is 404. The summed E-state index contributed by atoms with van der Waals surface area (Å²) in [6.45, 7) is 6.26. The number of nitrogen functional groups attached to an aromatic ring is 1. The highest BCUT2D eigenvalue weighted by molar-refractivity contribution is 7.18. The molecule has 0 aromatic carbocycles. The van der Waals surface area contributed by atoms with Crippen LogP contribution in [0.1, 0.15) is 49.7 Å². The quantitative estimate of drug-likeness (QED) is 0.742. The number of nitrogens with zero attached hydrogens (tertiary/aromatic N) is 1. The molecular formula is C12H22N4OS. The molecule has 6 heteroatoms. The summed E-state index contributed by atoms with van der Waals surface area (Å²) in [7, 11) is 1.76. The van der Waals surface area contributed by atoms with Crippen LogP contribution in [0.15, 0.2) is 0 Å². The fraction of sp³-hybridized carbons (Fsp3) is 0.667. The van der Waals surface area contributed by atoms with Crippen LogP contribution in [-0.2, 0) is 0 Å². The van der Waals surface area contributed by atoms with Crippen molar-refractivity contribution in [1.82, 2.24) is 10.3 Å². The fourth-order valence-electron chi connectivity index (χ4n) is 1.91. The van der Waals surface area contributed by atoms with Crippen molar-refractivity contribution >= 4 is 28.2 Å². The number of nitrogens with one attached hydrogen (secondary N) is 2. The van der Waals surface area contributed by atoms with E-state index in [0.717, 1.165) is 19.3 Å². The maximum Gasteiger partial charge on any atom is 0.265 e. The van der Waals surface area contributed by atoms with Gasteiger partial charge in [-0.2, -0.15) is 0 Å². The van der Waals surface area contributed by atoms with E-state index in [-0.39, 0.29) is 11.4 Å². The average Bonchev–Trinajstić information content (AvgIpc) is 2.77. The van der Waals surface area contributed by atoms with E-state index >= 15 is 0 Å². The lowest BCUT2D eigenvalue weighted by atomic mass is 9.90. The topological polar surface area (TPSA) is 80.0 Å². The molecule has 0 unspecified atom stereocenters. The molecule has 0 aliphatic carbocycles. The van der Waals surface area contributed by atoms with Crippen molar-refractivity contribution in [3.05, 3.63) is 4.88 Å². The van der Waals surface area contributed by atoms with Gasteiger partial charge in [0, 0.05) is 12.6 Å². The van der Waals surface area contributed by atoms with Crippen molar-refractivity contribution < 1.29 is 4.79 Å². The second-order valence-corrected chi connectivity index (χ2v) is 5.28. The molecule has 1 amide bonds. The number of carbonyl (C=O) groups is 1. The number of thiazole rings is 1. The molecule has 0 saturated heterocycles. The van der Waals surface area contributed by atoms with Gasteiger partial charge in [-0.1, -0.05) is 32.1 Å². The van der Waals surface area contributed by atoms with E-state index in [9.17, 15) is 4.79 Å². The third-order valence-corrected chi connectivity index (χ3v) is 4.57. The molecule has 0 aliphatic heterocycles. The zero-order valence-electron chi connectivity index (χ0n) is 11.5. The van der Waals surface area contributed by atoms with Gasteiger partial charge < -0.3 is 16.4 Å². The summed E-state index contributed by atoms with van der Waals surface area (Å²) in [5.41, 5.74) is 5.61. The molecule has 0 saturated carbocycles. The molecule has 102 valence electrons. The zero-order chi connectivity index (χ0) is 13.8. The third-order valence-electron chi connectivity index (χ3n) is 3.48. The van der Waals surface area contributed by atoms with Gasteiger partial charge in [-0.05, 0) is 19.3 Å². The van der Waals surface area contributed by atoms with Crippen molar-refractivity contribution in [1.29, 1.82) is 0 Å². The van der Waals surface area contributed by atoms with Crippen molar-refractivity contribution in [3.63, 3.8) is 0 Å². The standard InChI is InChI=1S/C12H22N4OS/c1-5-12(6-2,7-3)16-10(17)8-9(13)15-11(14-4)18-8/h5-7,13H2,1-4H3,(H,14,15)(H,16,17). The molecule has 0 aliphatic rings. The number of anilines is 2. The van der Waals surface area contributed by atoms with E-state index in [1.165, 1.54) is 11.3 Å². The van der Waals surface area contributed by atoms with Gasteiger partial charge in [0.15, 0.2) is 5.13 Å². The highest BCUT2D eigenvalue weighted by Crippen LogP contribution is 2.26. The Labute approximate surface area is 112 Å². The first-order chi connectivity index (χ1) is 8.51. The number of amides is 1. The summed E-state index contributed by atoms with van der Waals surface area (Å²) in [6.07, 6.45) is 2.72. The average molecular weight is 270 g/mol. The second-order valence-electron chi connectivity index (χ2n) is 4.28. The van der Waals surface area contributed by atoms with Gasteiger partial charge >= 0.3 is 0 Å².